The summed E-state index contributed by atoms with van der Waals surface area (Å²) in [6.45, 7) is 4.96. The highest BCUT2D eigenvalue weighted by Crippen LogP contribution is 2.10. The third kappa shape index (κ3) is 2.63. The van der Waals surface area contributed by atoms with Gasteiger partial charge >= 0.3 is 5.91 Å². The van der Waals surface area contributed by atoms with E-state index in [9.17, 15) is 13.2 Å². The van der Waals surface area contributed by atoms with Crippen LogP contribution in [-0.4, -0.2) is 19.6 Å². The molecule has 6 heteroatoms. The number of carbonyl (C=O) groups excluding carboxylic acids is 1. The molecule has 0 aliphatic rings. The largest absolute Gasteiger partial charge is 0.459 e. The molecule has 1 rings (SSSR count). The van der Waals surface area contributed by atoms with Crippen LogP contribution in [0.2, 0.25) is 0 Å². The maximum absolute atomic E-state index is 11.6. The van der Waals surface area contributed by atoms with E-state index >= 15 is 0 Å². The Labute approximate surface area is 94.9 Å². The van der Waals surface area contributed by atoms with Gasteiger partial charge in [-0.3, -0.25) is 4.79 Å². The molecule has 5 nitrogen and oxygen atoms in total. The molecular formula is C10H15NO4S. The third-order valence-electron chi connectivity index (χ3n) is 2.41. The van der Waals surface area contributed by atoms with Gasteiger partial charge in [0.25, 0.3) is 0 Å². The number of nitrogens with one attached hydrogen (secondary N) is 1. The number of amides is 1. The van der Waals surface area contributed by atoms with E-state index in [0.717, 1.165) is 0 Å². The fraction of sp³-hybridized carbons (Fsp3) is 0.500. The van der Waals surface area contributed by atoms with Crippen molar-refractivity contribution in [1.82, 2.24) is 4.72 Å². The summed E-state index contributed by atoms with van der Waals surface area (Å²) in [6, 6.07) is 1.60. The van der Waals surface area contributed by atoms with Gasteiger partial charge in [0.15, 0.2) is 5.76 Å². The Balaban J connectivity index is 2.84. The highest BCUT2D eigenvalue weighted by molar-refractivity contribution is 7.90. The summed E-state index contributed by atoms with van der Waals surface area (Å²) in [5.41, 5.74) is 0.608. The first-order valence-corrected chi connectivity index (χ1v) is 6.53. The lowest BCUT2D eigenvalue weighted by Crippen LogP contribution is -2.36. The summed E-state index contributed by atoms with van der Waals surface area (Å²) in [4.78, 5) is 11.6. The van der Waals surface area contributed by atoms with Gasteiger partial charge < -0.3 is 4.42 Å². The van der Waals surface area contributed by atoms with Gasteiger partial charge in [-0.15, -0.1) is 0 Å². The van der Waals surface area contributed by atoms with Crippen LogP contribution in [0, 0.1) is 6.92 Å². The molecule has 0 saturated heterocycles. The summed E-state index contributed by atoms with van der Waals surface area (Å²) in [5, 5.41) is -0.605. The van der Waals surface area contributed by atoms with Gasteiger partial charge in [-0.1, -0.05) is 6.92 Å². The summed E-state index contributed by atoms with van der Waals surface area (Å²) in [6.07, 6.45) is 1.79. The maximum Gasteiger partial charge on any atom is 0.300 e. The molecular weight excluding hydrogens is 230 g/mol. The van der Waals surface area contributed by atoms with Crippen LogP contribution in [0.3, 0.4) is 0 Å². The minimum Gasteiger partial charge on any atom is -0.459 e. The molecule has 0 aliphatic carbocycles. The number of rotatable bonds is 4. The van der Waals surface area contributed by atoms with Crippen molar-refractivity contribution in [3.05, 3.63) is 23.7 Å². The van der Waals surface area contributed by atoms with Gasteiger partial charge in [0.1, 0.15) is 0 Å². The Hall–Kier alpha value is -1.30. The van der Waals surface area contributed by atoms with Crippen LogP contribution in [0.5, 0.6) is 0 Å². The van der Waals surface area contributed by atoms with Gasteiger partial charge in [0, 0.05) is 5.56 Å². The van der Waals surface area contributed by atoms with Gasteiger partial charge in [-0.2, -0.15) is 0 Å². The van der Waals surface area contributed by atoms with Crippen molar-refractivity contribution in [3.63, 3.8) is 0 Å². The highest BCUT2D eigenvalue weighted by Gasteiger charge is 2.24. The van der Waals surface area contributed by atoms with E-state index in [2.05, 4.69) is 0 Å². The molecule has 16 heavy (non-hydrogen) atoms. The topological polar surface area (TPSA) is 76.4 Å². The Kier molecular flexibility index (Phi) is 3.74. The van der Waals surface area contributed by atoms with E-state index in [4.69, 9.17) is 4.42 Å². The summed E-state index contributed by atoms with van der Waals surface area (Å²) >= 11 is 0. The van der Waals surface area contributed by atoms with Gasteiger partial charge in [-0.05, 0) is 26.3 Å². The monoisotopic (exact) mass is 245 g/mol. The zero-order chi connectivity index (χ0) is 12.3. The number of aryl methyl sites for hydroxylation is 1. The molecule has 90 valence electrons. The molecule has 0 aliphatic heterocycles. The lowest BCUT2D eigenvalue weighted by atomic mass is 10.3. The van der Waals surface area contributed by atoms with E-state index in [0.29, 0.717) is 12.0 Å². The van der Waals surface area contributed by atoms with Crippen LogP contribution in [0.4, 0.5) is 0 Å². The summed E-state index contributed by atoms with van der Waals surface area (Å²) < 4.78 is 30.1. The van der Waals surface area contributed by atoms with Crippen molar-refractivity contribution < 1.29 is 17.6 Å². The molecule has 0 saturated carbocycles. The smallest absolute Gasteiger partial charge is 0.300 e. The number of sulfonamides is 1. The zero-order valence-electron chi connectivity index (χ0n) is 9.48. The van der Waals surface area contributed by atoms with Crippen molar-refractivity contribution in [3.8, 4) is 0 Å². The first-order chi connectivity index (χ1) is 7.38. The number of carbonyl (C=O) groups is 1. The molecule has 0 bridgehead atoms. The third-order valence-corrected chi connectivity index (χ3v) is 4.27. The van der Waals surface area contributed by atoms with Crippen LogP contribution in [0.15, 0.2) is 16.7 Å². The molecule has 0 radical (unpaired) electrons. The van der Waals surface area contributed by atoms with Gasteiger partial charge in [0.05, 0.1) is 11.5 Å². The standard InChI is InChI=1S/C10H15NO4S/c1-4-8(3)16(13,14)11-10(12)9-7(2)5-6-15-9/h5-6,8H,4H2,1-3H3,(H,11,12). The molecule has 0 aromatic carbocycles. The Morgan fingerprint density at radius 3 is 2.62 bits per heavy atom. The predicted octanol–water partition coefficient (Wildman–Crippen LogP) is 1.45. The maximum atomic E-state index is 11.6. The second-order valence-corrected chi connectivity index (χ2v) is 5.73. The SMILES string of the molecule is CCC(C)S(=O)(=O)NC(=O)c1occc1C. The summed E-state index contributed by atoms with van der Waals surface area (Å²) in [7, 11) is -3.61. The lowest BCUT2D eigenvalue weighted by molar-refractivity contribution is 0.0953. The molecule has 0 spiro atoms. The average molecular weight is 245 g/mol. The van der Waals surface area contributed by atoms with Crippen molar-refractivity contribution in [2.75, 3.05) is 0 Å². The minimum absolute atomic E-state index is 0.0341. The quantitative estimate of drug-likeness (QED) is 0.871. The Bertz CT molecular complexity index is 475. The van der Waals surface area contributed by atoms with E-state index in [1.165, 1.54) is 6.26 Å². The van der Waals surface area contributed by atoms with Crippen molar-refractivity contribution in [2.45, 2.75) is 32.4 Å². The first-order valence-electron chi connectivity index (χ1n) is 4.98. The summed E-state index contributed by atoms with van der Waals surface area (Å²) in [5.74, 6) is -0.685. The van der Waals surface area contributed by atoms with E-state index < -0.39 is 21.2 Å². The lowest BCUT2D eigenvalue weighted by Gasteiger charge is -2.10. The zero-order valence-corrected chi connectivity index (χ0v) is 10.3. The molecule has 1 atom stereocenters. The van der Waals surface area contributed by atoms with E-state index in [1.54, 1.807) is 26.8 Å². The Morgan fingerprint density at radius 1 is 1.56 bits per heavy atom. The Morgan fingerprint density at radius 2 is 2.19 bits per heavy atom. The minimum atomic E-state index is -3.61. The molecule has 1 amide bonds. The molecule has 1 N–H and O–H groups in total. The van der Waals surface area contributed by atoms with Crippen molar-refractivity contribution >= 4 is 15.9 Å². The first kappa shape index (κ1) is 12.8. The molecule has 1 unspecified atom stereocenters. The highest BCUT2D eigenvalue weighted by atomic mass is 32.2. The van der Waals surface area contributed by atoms with Crippen LogP contribution in [0.25, 0.3) is 0 Å². The second kappa shape index (κ2) is 4.69. The number of furan rings is 1. The molecule has 1 aromatic heterocycles. The van der Waals surface area contributed by atoms with Gasteiger partial charge in [0.2, 0.25) is 10.0 Å². The molecule has 0 fully saturated rings. The van der Waals surface area contributed by atoms with Crippen LogP contribution < -0.4 is 4.72 Å². The fourth-order valence-electron chi connectivity index (χ4n) is 1.10. The van der Waals surface area contributed by atoms with Crippen molar-refractivity contribution in [2.24, 2.45) is 0 Å². The molecule has 1 aromatic rings. The van der Waals surface area contributed by atoms with E-state index in [-0.39, 0.29) is 5.76 Å². The van der Waals surface area contributed by atoms with Crippen LogP contribution in [0.1, 0.15) is 36.4 Å². The number of hydrogen-bond acceptors (Lipinski definition) is 4. The van der Waals surface area contributed by atoms with Crippen molar-refractivity contribution in [1.29, 1.82) is 0 Å². The van der Waals surface area contributed by atoms with Crippen LogP contribution in [-0.2, 0) is 10.0 Å². The average Bonchev–Trinajstić information content (AvgIpc) is 2.62. The fourth-order valence-corrected chi connectivity index (χ4v) is 2.09. The van der Waals surface area contributed by atoms with Gasteiger partial charge in [-0.25, -0.2) is 13.1 Å². The van der Waals surface area contributed by atoms with E-state index in [1.807, 2.05) is 4.72 Å². The molecule has 1 heterocycles. The normalized spacial score (nSPS) is 13.4. The van der Waals surface area contributed by atoms with Crippen LogP contribution >= 0.6 is 0 Å². The predicted molar refractivity (Wildman–Crippen MR) is 59.6 cm³/mol. The second-order valence-electron chi connectivity index (χ2n) is 3.63. The number of hydrogen-bond donors (Lipinski definition) is 1.